The van der Waals surface area contributed by atoms with Crippen LogP contribution >= 0.6 is 0 Å². The summed E-state index contributed by atoms with van der Waals surface area (Å²) >= 11 is 0. The lowest BCUT2D eigenvalue weighted by Gasteiger charge is -2.05. The quantitative estimate of drug-likeness (QED) is 0.490. The molecule has 8 nitrogen and oxygen atoms in total. The zero-order valence-corrected chi connectivity index (χ0v) is 16.5. The number of hydrogen-bond donors (Lipinski definition) is 2. The van der Waals surface area contributed by atoms with Crippen LogP contribution in [0.4, 0.5) is 0 Å². The van der Waals surface area contributed by atoms with Crippen molar-refractivity contribution >= 4 is 23.2 Å². The highest BCUT2D eigenvalue weighted by Crippen LogP contribution is 2.07. The van der Waals surface area contributed by atoms with E-state index in [0.29, 0.717) is 22.8 Å². The van der Waals surface area contributed by atoms with Gasteiger partial charge in [0.25, 0.3) is 11.8 Å². The normalized spacial score (nSPS) is 11.7. The molecule has 0 fully saturated rings. The van der Waals surface area contributed by atoms with Crippen molar-refractivity contribution in [1.82, 2.24) is 20.8 Å². The molecule has 1 aromatic carbocycles. The van der Waals surface area contributed by atoms with Gasteiger partial charge in [0.2, 0.25) is 0 Å². The summed E-state index contributed by atoms with van der Waals surface area (Å²) in [5.41, 5.74) is 8.54. The summed E-state index contributed by atoms with van der Waals surface area (Å²) in [7, 11) is 0. The Morgan fingerprint density at radius 3 is 1.40 bits per heavy atom. The fourth-order valence-corrected chi connectivity index (χ4v) is 2.46. The number of nitrogens with one attached hydrogen (secondary N) is 2. The van der Waals surface area contributed by atoms with Crippen LogP contribution < -0.4 is 10.9 Å². The van der Waals surface area contributed by atoms with Gasteiger partial charge in [-0.1, -0.05) is 36.4 Å². The van der Waals surface area contributed by atoms with Crippen molar-refractivity contribution in [1.29, 1.82) is 0 Å². The Hall–Kier alpha value is -4.20. The highest BCUT2D eigenvalue weighted by molar-refractivity contribution is 6.03. The van der Waals surface area contributed by atoms with Crippen LogP contribution in [0.3, 0.4) is 0 Å². The highest BCUT2D eigenvalue weighted by Gasteiger charge is 2.07. The summed E-state index contributed by atoms with van der Waals surface area (Å²) in [5.74, 6) is -0.753. The average Bonchev–Trinajstić information content (AvgIpc) is 2.81. The number of benzene rings is 1. The molecule has 2 N–H and O–H groups in total. The number of rotatable bonds is 6. The number of carbonyl (C=O) groups is 2. The molecule has 30 heavy (non-hydrogen) atoms. The molecular formula is C22H20N6O2. The van der Waals surface area contributed by atoms with E-state index in [1.807, 2.05) is 24.3 Å². The average molecular weight is 400 g/mol. The predicted molar refractivity (Wildman–Crippen MR) is 114 cm³/mol. The molecule has 0 spiro atoms. The van der Waals surface area contributed by atoms with Crippen molar-refractivity contribution in [2.24, 2.45) is 10.2 Å². The number of pyridine rings is 2. The molecular weight excluding hydrogens is 380 g/mol. The van der Waals surface area contributed by atoms with Crippen LogP contribution in [0.15, 0.2) is 83.3 Å². The molecule has 2 aromatic heterocycles. The van der Waals surface area contributed by atoms with Crippen molar-refractivity contribution in [3.8, 4) is 0 Å². The molecule has 2 heterocycles. The number of nitrogens with zero attached hydrogens (tertiary/aromatic N) is 4. The Morgan fingerprint density at radius 2 is 1.07 bits per heavy atom. The maximum absolute atomic E-state index is 12.0. The maximum Gasteiger partial charge on any atom is 0.289 e. The van der Waals surface area contributed by atoms with Crippen molar-refractivity contribution in [2.45, 2.75) is 13.8 Å². The summed E-state index contributed by atoms with van der Waals surface area (Å²) in [6.45, 7) is 3.59. The van der Waals surface area contributed by atoms with Crippen molar-refractivity contribution in [3.05, 3.63) is 95.6 Å². The predicted octanol–water partition coefficient (Wildman–Crippen LogP) is 2.78. The molecule has 0 unspecified atom stereocenters. The highest BCUT2D eigenvalue weighted by atomic mass is 16.2. The molecule has 0 atom stereocenters. The molecule has 2 amide bonds. The third kappa shape index (κ3) is 5.41. The van der Waals surface area contributed by atoms with Gasteiger partial charge in [0, 0.05) is 12.4 Å². The molecule has 150 valence electrons. The van der Waals surface area contributed by atoms with Crippen LogP contribution in [0.1, 0.15) is 46.0 Å². The number of hydrogen-bond acceptors (Lipinski definition) is 6. The number of amides is 2. The third-order valence-corrected chi connectivity index (χ3v) is 4.17. The standard InChI is InChI=1S/C22H20N6O2/c1-15(25-27-21(29)19-7-3-5-13-23-19)17-9-11-18(12-10-17)16(2)26-28-22(30)20-8-4-6-14-24-20/h3-14H,1-2H3,(H,27,29)(H,28,30)/b25-15-,26-16-. The van der Waals surface area contributed by atoms with Crippen molar-refractivity contribution in [3.63, 3.8) is 0 Å². The van der Waals surface area contributed by atoms with Crippen LogP contribution in [0.25, 0.3) is 0 Å². The molecule has 0 aliphatic carbocycles. The molecule has 3 rings (SSSR count). The first-order chi connectivity index (χ1) is 14.5. The summed E-state index contributed by atoms with van der Waals surface area (Å²) in [5, 5.41) is 8.24. The van der Waals surface area contributed by atoms with E-state index in [4.69, 9.17) is 0 Å². The van der Waals surface area contributed by atoms with Crippen LogP contribution in [-0.4, -0.2) is 33.2 Å². The second kappa shape index (κ2) is 9.83. The summed E-state index contributed by atoms with van der Waals surface area (Å²) in [6, 6.07) is 17.6. The van der Waals surface area contributed by atoms with Crippen molar-refractivity contribution in [2.75, 3.05) is 0 Å². The Bertz CT molecular complexity index is 989. The number of hydrazone groups is 2. The van der Waals surface area contributed by atoms with Crippen molar-refractivity contribution < 1.29 is 9.59 Å². The zero-order valence-electron chi connectivity index (χ0n) is 16.5. The zero-order chi connectivity index (χ0) is 21.3. The largest absolute Gasteiger partial charge is 0.289 e. The monoisotopic (exact) mass is 400 g/mol. The van der Waals surface area contributed by atoms with E-state index in [0.717, 1.165) is 11.1 Å². The Labute approximate surface area is 173 Å². The van der Waals surface area contributed by atoms with E-state index in [1.54, 1.807) is 62.6 Å². The van der Waals surface area contributed by atoms with E-state index < -0.39 is 0 Å². The van der Waals surface area contributed by atoms with Gasteiger partial charge in [-0.25, -0.2) is 10.9 Å². The fraction of sp³-hybridized carbons (Fsp3) is 0.0909. The molecule has 0 aliphatic heterocycles. The smallest absolute Gasteiger partial charge is 0.266 e. The second-order valence-corrected chi connectivity index (χ2v) is 6.28. The molecule has 8 heteroatoms. The first kappa shape index (κ1) is 20.5. The summed E-state index contributed by atoms with van der Waals surface area (Å²) in [6.07, 6.45) is 3.10. The Balaban J connectivity index is 1.62. The van der Waals surface area contributed by atoms with Gasteiger partial charge in [0.1, 0.15) is 11.4 Å². The van der Waals surface area contributed by atoms with Gasteiger partial charge in [0.05, 0.1) is 11.4 Å². The molecule has 0 saturated carbocycles. The van der Waals surface area contributed by atoms with E-state index in [1.165, 1.54) is 0 Å². The minimum atomic E-state index is -0.377. The van der Waals surface area contributed by atoms with Gasteiger partial charge in [-0.15, -0.1) is 0 Å². The van der Waals surface area contributed by atoms with Gasteiger partial charge < -0.3 is 0 Å². The van der Waals surface area contributed by atoms with Gasteiger partial charge >= 0.3 is 0 Å². The molecule has 0 radical (unpaired) electrons. The van der Waals surface area contributed by atoms with Crippen LogP contribution in [-0.2, 0) is 0 Å². The third-order valence-electron chi connectivity index (χ3n) is 4.17. The second-order valence-electron chi connectivity index (χ2n) is 6.28. The molecule has 3 aromatic rings. The maximum atomic E-state index is 12.0. The Kier molecular flexibility index (Phi) is 6.73. The minimum Gasteiger partial charge on any atom is -0.266 e. The first-order valence-electron chi connectivity index (χ1n) is 9.17. The van der Waals surface area contributed by atoms with Gasteiger partial charge in [-0.2, -0.15) is 10.2 Å². The van der Waals surface area contributed by atoms with E-state index in [-0.39, 0.29) is 11.8 Å². The van der Waals surface area contributed by atoms with Gasteiger partial charge in [0.15, 0.2) is 0 Å². The SMILES string of the molecule is C/C(=N/NC(=O)c1ccccn1)c1ccc(/C(C)=N\NC(=O)c2ccccn2)cc1. The lowest BCUT2D eigenvalue weighted by molar-refractivity contribution is 0.0942. The number of aromatic nitrogens is 2. The summed E-state index contributed by atoms with van der Waals surface area (Å²) < 4.78 is 0. The van der Waals surface area contributed by atoms with E-state index in [2.05, 4.69) is 31.0 Å². The van der Waals surface area contributed by atoms with E-state index >= 15 is 0 Å². The van der Waals surface area contributed by atoms with Gasteiger partial charge in [-0.05, 0) is 49.2 Å². The van der Waals surface area contributed by atoms with Crippen LogP contribution in [0, 0.1) is 0 Å². The molecule has 0 saturated heterocycles. The van der Waals surface area contributed by atoms with Crippen LogP contribution in [0.5, 0.6) is 0 Å². The first-order valence-corrected chi connectivity index (χ1v) is 9.17. The number of carbonyl (C=O) groups excluding carboxylic acids is 2. The lowest BCUT2D eigenvalue weighted by Crippen LogP contribution is -2.20. The van der Waals surface area contributed by atoms with Gasteiger partial charge in [-0.3, -0.25) is 19.6 Å². The van der Waals surface area contributed by atoms with Crippen LogP contribution in [0.2, 0.25) is 0 Å². The lowest BCUT2D eigenvalue weighted by atomic mass is 10.1. The minimum absolute atomic E-state index is 0.295. The Morgan fingerprint density at radius 1 is 0.667 bits per heavy atom. The molecule has 0 aliphatic rings. The topological polar surface area (TPSA) is 109 Å². The van der Waals surface area contributed by atoms with E-state index in [9.17, 15) is 9.59 Å². The molecule has 0 bridgehead atoms. The fourth-order valence-electron chi connectivity index (χ4n) is 2.46. The summed E-state index contributed by atoms with van der Waals surface area (Å²) in [4.78, 5) is 32.0.